The number of hydrogen-bond acceptors (Lipinski definition) is 3. The zero-order chi connectivity index (χ0) is 15.7. The van der Waals surface area contributed by atoms with Crippen molar-refractivity contribution < 1.29 is 8.42 Å². The molecule has 21 heavy (non-hydrogen) atoms. The predicted octanol–water partition coefficient (Wildman–Crippen LogP) is 3.09. The lowest BCUT2D eigenvalue weighted by atomic mass is 10.0. The molecule has 0 atom stereocenters. The van der Waals surface area contributed by atoms with Gasteiger partial charge in [0.15, 0.2) is 0 Å². The van der Waals surface area contributed by atoms with E-state index in [2.05, 4.69) is 26.0 Å². The van der Waals surface area contributed by atoms with E-state index in [-0.39, 0.29) is 5.54 Å². The van der Waals surface area contributed by atoms with Gasteiger partial charge in [0.05, 0.1) is 4.90 Å². The molecule has 2 rings (SSSR count). The van der Waals surface area contributed by atoms with Gasteiger partial charge in [-0.25, -0.2) is 13.1 Å². The molecule has 0 amide bonds. The van der Waals surface area contributed by atoms with Crippen molar-refractivity contribution in [3.8, 4) is 0 Å². The van der Waals surface area contributed by atoms with Crippen LogP contribution < -0.4 is 10.0 Å². The molecule has 0 bridgehead atoms. The molecule has 1 aliphatic carbocycles. The first-order chi connectivity index (χ1) is 9.77. The van der Waals surface area contributed by atoms with E-state index in [0.717, 1.165) is 41.3 Å². The van der Waals surface area contributed by atoms with E-state index in [0.29, 0.717) is 11.4 Å². The van der Waals surface area contributed by atoms with Gasteiger partial charge in [-0.1, -0.05) is 28.8 Å². The van der Waals surface area contributed by atoms with Gasteiger partial charge in [-0.3, -0.25) is 0 Å². The Bertz CT molecular complexity index is 623. The van der Waals surface area contributed by atoms with Gasteiger partial charge in [-0.15, -0.1) is 0 Å². The number of rotatable bonds is 5. The Hall–Kier alpha value is -0.430. The van der Waals surface area contributed by atoms with Crippen molar-refractivity contribution in [3.63, 3.8) is 0 Å². The lowest BCUT2D eigenvalue weighted by molar-refractivity contribution is 0.427. The Morgan fingerprint density at radius 2 is 1.90 bits per heavy atom. The number of halogens is 1. The molecule has 1 aromatic carbocycles. The van der Waals surface area contributed by atoms with Crippen LogP contribution in [-0.4, -0.2) is 21.0 Å². The summed E-state index contributed by atoms with van der Waals surface area (Å²) < 4.78 is 29.3. The first-order valence-electron chi connectivity index (χ1n) is 7.25. The maximum Gasteiger partial charge on any atom is 0.241 e. The van der Waals surface area contributed by atoms with E-state index in [9.17, 15) is 8.42 Å². The molecule has 0 unspecified atom stereocenters. The number of hydrogen-bond donors (Lipinski definition) is 2. The molecule has 1 aliphatic rings. The van der Waals surface area contributed by atoms with Gasteiger partial charge in [0.2, 0.25) is 10.0 Å². The molecule has 118 valence electrons. The van der Waals surface area contributed by atoms with Gasteiger partial charge in [-0.2, -0.15) is 0 Å². The SMILES string of the molecule is CNCc1cc(Br)c(C)c(S(=O)(=O)NC2(C)CCCC2)c1. The van der Waals surface area contributed by atoms with E-state index in [4.69, 9.17) is 0 Å². The van der Waals surface area contributed by atoms with E-state index in [1.165, 1.54) is 0 Å². The Labute approximate surface area is 135 Å². The minimum absolute atomic E-state index is 0.309. The van der Waals surface area contributed by atoms with Gasteiger partial charge < -0.3 is 5.32 Å². The molecule has 1 aromatic rings. The fourth-order valence-corrected chi connectivity index (χ4v) is 5.35. The summed E-state index contributed by atoms with van der Waals surface area (Å²) in [7, 11) is -1.66. The van der Waals surface area contributed by atoms with Crippen molar-refractivity contribution in [1.29, 1.82) is 0 Å². The summed E-state index contributed by atoms with van der Waals surface area (Å²) in [6.45, 7) is 4.47. The molecule has 2 N–H and O–H groups in total. The quantitative estimate of drug-likeness (QED) is 0.832. The minimum atomic E-state index is -3.50. The largest absolute Gasteiger partial charge is 0.316 e. The van der Waals surface area contributed by atoms with Crippen LogP contribution in [0.5, 0.6) is 0 Å². The molecule has 0 heterocycles. The van der Waals surface area contributed by atoms with Crippen LogP contribution in [0.2, 0.25) is 0 Å². The second-order valence-corrected chi connectivity index (χ2v) is 8.61. The van der Waals surface area contributed by atoms with Crippen LogP contribution in [0, 0.1) is 6.92 Å². The zero-order valence-corrected chi connectivity index (χ0v) is 15.2. The van der Waals surface area contributed by atoms with Crippen LogP contribution in [0.25, 0.3) is 0 Å². The third-order valence-corrected chi connectivity index (χ3v) is 6.70. The van der Waals surface area contributed by atoms with Crippen LogP contribution in [0.15, 0.2) is 21.5 Å². The Morgan fingerprint density at radius 3 is 2.48 bits per heavy atom. The molecule has 1 saturated carbocycles. The second kappa shape index (κ2) is 6.36. The Morgan fingerprint density at radius 1 is 1.29 bits per heavy atom. The van der Waals surface area contributed by atoms with E-state index < -0.39 is 10.0 Å². The molecule has 1 fully saturated rings. The van der Waals surface area contributed by atoms with Gasteiger partial charge >= 0.3 is 0 Å². The summed E-state index contributed by atoms with van der Waals surface area (Å²) in [6.07, 6.45) is 3.98. The van der Waals surface area contributed by atoms with Crippen LogP contribution in [0.3, 0.4) is 0 Å². The highest BCUT2D eigenvalue weighted by Crippen LogP contribution is 2.32. The number of benzene rings is 1. The zero-order valence-electron chi connectivity index (χ0n) is 12.8. The van der Waals surface area contributed by atoms with Crippen molar-refractivity contribution in [2.75, 3.05) is 7.05 Å². The summed E-state index contributed by atoms with van der Waals surface area (Å²) in [5, 5.41) is 3.05. The number of sulfonamides is 1. The molecule has 0 aliphatic heterocycles. The predicted molar refractivity (Wildman–Crippen MR) is 88.8 cm³/mol. The number of nitrogens with one attached hydrogen (secondary N) is 2. The smallest absolute Gasteiger partial charge is 0.241 e. The van der Waals surface area contributed by atoms with Crippen LogP contribution in [0.4, 0.5) is 0 Å². The van der Waals surface area contributed by atoms with Gasteiger partial charge in [0.1, 0.15) is 0 Å². The highest BCUT2D eigenvalue weighted by molar-refractivity contribution is 9.10. The van der Waals surface area contributed by atoms with Crippen LogP contribution in [0.1, 0.15) is 43.7 Å². The second-order valence-electron chi connectivity index (χ2n) is 6.10. The molecule has 0 spiro atoms. The molecule has 4 nitrogen and oxygen atoms in total. The van der Waals surface area contributed by atoms with Crippen LogP contribution in [-0.2, 0) is 16.6 Å². The molecular weight excluding hydrogens is 352 g/mol. The fraction of sp³-hybridized carbons (Fsp3) is 0.600. The first kappa shape index (κ1) is 16.9. The van der Waals surface area contributed by atoms with Crippen LogP contribution >= 0.6 is 15.9 Å². The average molecular weight is 375 g/mol. The summed E-state index contributed by atoms with van der Waals surface area (Å²) in [4.78, 5) is 0.371. The van der Waals surface area contributed by atoms with Crippen molar-refractivity contribution in [3.05, 3.63) is 27.7 Å². The monoisotopic (exact) mass is 374 g/mol. The third-order valence-electron chi connectivity index (χ3n) is 4.11. The van der Waals surface area contributed by atoms with E-state index in [1.54, 1.807) is 6.07 Å². The molecule has 0 aromatic heterocycles. The highest BCUT2D eigenvalue weighted by atomic mass is 79.9. The van der Waals surface area contributed by atoms with Crippen molar-refractivity contribution >= 4 is 26.0 Å². The highest BCUT2D eigenvalue weighted by Gasteiger charge is 2.34. The summed E-state index contributed by atoms with van der Waals surface area (Å²) in [6, 6.07) is 3.72. The summed E-state index contributed by atoms with van der Waals surface area (Å²) in [5.41, 5.74) is 1.40. The van der Waals surface area contributed by atoms with E-state index >= 15 is 0 Å². The maximum absolute atomic E-state index is 12.8. The lowest BCUT2D eigenvalue weighted by Gasteiger charge is -2.25. The molecule has 6 heteroatoms. The Kier molecular flexibility index (Phi) is 5.13. The summed E-state index contributed by atoms with van der Waals surface area (Å²) >= 11 is 3.47. The summed E-state index contributed by atoms with van der Waals surface area (Å²) in [5.74, 6) is 0. The molecule has 0 saturated heterocycles. The topological polar surface area (TPSA) is 58.2 Å². The molecule has 0 radical (unpaired) electrons. The average Bonchev–Trinajstić information content (AvgIpc) is 2.79. The van der Waals surface area contributed by atoms with Crippen molar-refractivity contribution in [1.82, 2.24) is 10.0 Å². The normalized spacial score (nSPS) is 18.1. The maximum atomic E-state index is 12.8. The lowest BCUT2D eigenvalue weighted by Crippen LogP contribution is -2.43. The minimum Gasteiger partial charge on any atom is -0.316 e. The van der Waals surface area contributed by atoms with Crippen molar-refractivity contribution in [2.24, 2.45) is 0 Å². The van der Waals surface area contributed by atoms with Gasteiger partial charge in [0, 0.05) is 16.6 Å². The van der Waals surface area contributed by atoms with E-state index in [1.807, 2.05) is 27.0 Å². The molecular formula is C15H23BrN2O2S. The van der Waals surface area contributed by atoms with Crippen molar-refractivity contribution in [2.45, 2.75) is 56.5 Å². The first-order valence-corrected chi connectivity index (χ1v) is 9.53. The van der Waals surface area contributed by atoms with Gasteiger partial charge in [0.25, 0.3) is 0 Å². The third kappa shape index (κ3) is 3.86. The Balaban J connectivity index is 2.39. The van der Waals surface area contributed by atoms with Gasteiger partial charge in [-0.05, 0) is 57.0 Å². The fourth-order valence-electron chi connectivity index (χ4n) is 2.93. The standard InChI is InChI=1S/C15H23BrN2O2S/c1-11-13(16)8-12(10-17-3)9-14(11)21(19,20)18-15(2)6-4-5-7-15/h8-9,17-18H,4-7,10H2,1-3H3.